The molecular formula is C26H22ClN3O6. The molecule has 0 radical (unpaired) electrons. The second kappa shape index (κ2) is 12.2. The first kappa shape index (κ1) is 26.1. The Hall–Kier alpha value is -4.55. The number of nitro benzene ring substituents is 1. The Balaban J connectivity index is 1.81. The molecule has 0 aromatic heterocycles. The van der Waals surface area contributed by atoms with Gasteiger partial charge in [0.15, 0.2) is 11.5 Å². The summed E-state index contributed by atoms with van der Waals surface area (Å²) in [6.45, 7) is 2.44. The molecule has 3 aromatic rings. The summed E-state index contributed by atoms with van der Waals surface area (Å²) in [5.74, 6) is 0.302. The first-order valence-electron chi connectivity index (χ1n) is 10.7. The summed E-state index contributed by atoms with van der Waals surface area (Å²) in [5.41, 5.74) is 1.15. The van der Waals surface area contributed by atoms with Crippen molar-refractivity contribution in [3.8, 4) is 23.3 Å². The molecule has 0 fully saturated rings. The van der Waals surface area contributed by atoms with Crippen molar-refractivity contribution in [1.82, 2.24) is 0 Å². The molecule has 9 nitrogen and oxygen atoms in total. The minimum Gasteiger partial charge on any atom is -0.494 e. The van der Waals surface area contributed by atoms with E-state index in [2.05, 4.69) is 5.32 Å². The Bertz CT molecular complexity index is 1350. The van der Waals surface area contributed by atoms with Gasteiger partial charge in [0.25, 0.3) is 11.6 Å². The molecule has 0 heterocycles. The van der Waals surface area contributed by atoms with Crippen LogP contribution in [0.5, 0.6) is 17.2 Å². The fourth-order valence-corrected chi connectivity index (χ4v) is 3.36. The van der Waals surface area contributed by atoms with Crippen LogP contribution in [0.25, 0.3) is 6.08 Å². The van der Waals surface area contributed by atoms with Gasteiger partial charge in [-0.1, -0.05) is 35.9 Å². The Kier molecular flexibility index (Phi) is 8.86. The van der Waals surface area contributed by atoms with Crippen LogP contribution in [0, 0.1) is 21.4 Å². The minimum absolute atomic E-state index is 0.0912. The average Bonchev–Trinajstić information content (AvgIpc) is 2.87. The normalized spacial score (nSPS) is 10.8. The fourth-order valence-electron chi connectivity index (χ4n) is 3.17. The van der Waals surface area contributed by atoms with Crippen molar-refractivity contribution >= 4 is 35.0 Å². The van der Waals surface area contributed by atoms with Gasteiger partial charge in [-0.2, -0.15) is 5.26 Å². The van der Waals surface area contributed by atoms with E-state index in [-0.39, 0.29) is 29.3 Å². The van der Waals surface area contributed by atoms with Gasteiger partial charge in [0.1, 0.15) is 24.0 Å². The van der Waals surface area contributed by atoms with E-state index in [4.69, 9.17) is 25.8 Å². The molecule has 0 saturated heterocycles. The maximum atomic E-state index is 12.7. The van der Waals surface area contributed by atoms with E-state index >= 15 is 0 Å². The summed E-state index contributed by atoms with van der Waals surface area (Å²) in [5, 5.41) is 23.7. The zero-order valence-corrected chi connectivity index (χ0v) is 20.2. The van der Waals surface area contributed by atoms with Crippen LogP contribution < -0.4 is 19.5 Å². The number of ether oxygens (including phenoxy) is 3. The number of methoxy groups -OCH3 is 1. The summed E-state index contributed by atoms with van der Waals surface area (Å²) < 4.78 is 16.7. The fraction of sp³-hybridized carbons (Fsp3) is 0.154. The van der Waals surface area contributed by atoms with Crippen molar-refractivity contribution in [2.75, 3.05) is 19.0 Å². The smallest absolute Gasteiger partial charge is 0.273 e. The van der Waals surface area contributed by atoms with Crippen molar-refractivity contribution in [3.05, 3.63) is 92.5 Å². The number of benzene rings is 3. The summed E-state index contributed by atoms with van der Waals surface area (Å²) >= 11 is 6.19. The molecule has 184 valence electrons. The second-order valence-electron chi connectivity index (χ2n) is 7.28. The number of nitriles is 1. The van der Waals surface area contributed by atoms with Crippen LogP contribution in [-0.4, -0.2) is 24.5 Å². The van der Waals surface area contributed by atoms with E-state index < -0.39 is 10.8 Å². The van der Waals surface area contributed by atoms with Crippen LogP contribution >= 0.6 is 11.6 Å². The zero-order valence-electron chi connectivity index (χ0n) is 19.5. The number of nitro groups is 1. The molecule has 1 amide bonds. The van der Waals surface area contributed by atoms with E-state index in [0.29, 0.717) is 28.7 Å². The van der Waals surface area contributed by atoms with E-state index in [1.807, 2.05) is 31.2 Å². The molecule has 0 aliphatic carbocycles. The highest BCUT2D eigenvalue weighted by atomic mass is 35.5. The molecule has 36 heavy (non-hydrogen) atoms. The van der Waals surface area contributed by atoms with Gasteiger partial charge in [0.2, 0.25) is 0 Å². The molecule has 1 N–H and O–H groups in total. The standard InChI is InChI=1S/C26H22ClN3O6/c1-3-35-25-13-17(8-11-23(25)36-16-18-6-4-5-7-21(18)27)12-19(15-28)26(31)29-22-10-9-20(30(32)33)14-24(22)34-2/h4-14H,3,16H2,1-2H3,(H,29,31). The highest BCUT2D eigenvalue weighted by Crippen LogP contribution is 2.32. The third-order valence-electron chi connectivity index (χ3n) is 4.93. The zero-order chi connectivity index (χ0) is 26.1. The molecule has 3 aromatic carbocycles. The molecule has 0 unspecified atom stereocenters. The molecule has 0 bridgehead atoms. The van der Waals surface area contributed by atoms with Crippen LogP contribution in [0.4, 0.5) is 11.4 Å². The van der Waals surface area contributed by atoms with Crippen LogP contribution in [0.3, 0.4) is 0 Å². The van der Waals surface area contributed by atoms with E-state index in [1.165, 1.54) is 31.4 Å². The van der Waals surface area contributed by atoms with Gasteiger partial charge in [0.05, 0.1) is 30.4 Å². The molecule has 3 rings (SSSR count). The third kappa shape index (κ3) is 6.52. The summed E-state index contributed by atoms with van der Waals surface area (Å²) in [6, 6.07) is 18.0. The number of hydrogen-bond donors (Lipinski definition) is 1. The molecule has 0 aliphatic rings. The Labute approximate surface area is 212 Å². The lowest BCUT2D eigenvalue weighted by Crippen LogP contribution is -2.14. The van der Waals surface area contributed by atoms with Crippen LogP contribution in [0.15, 0.2) is 66.2 Å². The first-order chi connectivity index (χ1) is 17.4. The quantitative estimate of drug-likeness (QED) is 0.159. The Morgan fingerprint density at radius 3 is 2.56 bits per heavy atom. The number of carbonyl (C=O) groups excluding carboxylic acids is 1. The molecule has 0 spiro atoms. The number of nitrogens with one attached hydrogen (secondary N) is 1. The number of rotatable bonds is 10. The number of non-ortho nitro benzene ring substituents is 1. The van der Waals surface area contributed by atoms with Crippen molar-refractivity contribution in [2.45, 2.75) is 13.5 Å². The maximum absolute atomic E-state index is 12.7. The topological polar surface area (TPSA) is 124 Å². The number of carbonyl (C=O) groups is 1. The first-order valence-corrected chi connectivity index (χ1v) is 11.1. The Morgan fingerprint density at radius 2 is 1.89 bits per heavy atom. The van der Waals surface area contributed by atoms with Crippen LogP contribution in [0.1, 0.15) is 18.1 Å². The van der Waals surface area contributed by atoms with Gasteiger partial charge < -0.3 is 19.5 Å². The lowest BCUT2D eigenvalue weighted by molar-refractivity contribution is -0.384. The van der Waals surface area contributed by atoms with Gasteiger partial charge in [0, 0.05) is 16.7 Å². The van der Waals surface area contributed by atoms with Gasteiger partial charge in [-0.3, -0.25) is 14.9 Å². The highest BCUT2D eigenvalue weighted by molar-refractivity contribution is 6.31. The minimum atomic E-state index is -0.707. The van der Waals surface area contributed by atoms with E-state index in [0.717, 1.165) is 5.56 Å². The number of anilines is 1. The average molecular weight is 508 g/mol. The van der Waals surface area contributed by atoms with Crippen LogP contribution in [0.2, 0.25) is 5.02 Å². The Morgan fingerprint density at radius 1 is 1.11 bits per heavy atom. The van der Waals surface area contributed by atoms with Crippen molar-refractivity contribution in [3.63, 3.8) is 0 Å². The third-order valence-corrected chi connectivity index (χ3v) is 5.30. The molecule has 0 saturated carbocycles. The van der Waals surface area contributed by atoms with Gasteiger partial charge >= 0.3 is 0 Å². The predicted molar refractivity (Wildman–Crippen MR) is 135 cm³/mol. The number of amides is 1. The molecule has 0 aliphatic heterocycles. The summed E-state index contributed by atoms with van der Waals surface area (Å²) in [4.78, 5) is 23.1. The van der Waals surface area contributed by atoms with Crippen molar-refractivity contribution in [1.29, 1.82) is 5.26 Å². The van der Waals surface area contributed by atoms with Crippen molar-refractivity contribution < 1.29 is 23.9 Å². The lowest BCUT2D eigenvalue weighted by atomic mass is 10.1. The molecule has 10 heteroatoms. The van der Waals surface area contributed by atoms with Crippen molar-refractivity contribution in [2.24, 2.45) is 0 Å². The lowest BCUT2D eigenvalue weighted by Gasteiger charge is -2.13. The SMILES string of the molecule is CCOc1cc(C=C(C#N)C(=O)Nc2ccc([N+](=O)[O-])cc2OC)ccc1OCc1ccccc1Cl. The summed E-state index contributed by atoms with van der Waals surface area (Å²) in [7, 11) is 1.32. The number of halogens is 1. The highest BCUT2D eigenvalue weighted by Gasteiger charge is 2.16. The van der Waals surface area contributed by atoms with Gasteiger partial charge in [-0.05, 0) is 42.8 Å². The van der Waals surface area contributed by atoms with Crippen LogP contribution in [-0.2, 0) is 11.4 Å². The van der Waals surface area contributed by atoms with E-state index in [1.54, 1.807) is 24.3 Å². The second-order valence-corrected chi connectivity index (χ2v) is 7.69. The van der Waals surface area contributed by atoms with Gasteiger partial charge in [-0.25, -0.2) is 0 Å². The van der Waals surface area contributed by atoms with Gasteiger partial charge in [-0.15, -0.1) is 0 Å². The summed E-state index contributed by atoms with van der Waals surface area (Å²) in [6.07, 6.45) is 1.40. The maximum Gasteiger partial charge on any atom is 0.273 e. The molecular weight excluding hydrogens is 486 g/mol. The predicted octanol–water partition coefficient (Wildman–Crippen LogP) is 5.78. The monoisotopic (exact) mass is 507 g/mol. The molecule has 0 atom stereocenters. The van der Waals surface area contributed by atoms with E-state index in [9.17, 15) is 20.2 Å². The number of hydrogen-bond acceptors (Lipinski definition) is 7. The number of nitrogens with zero attached hydrogens (tertiary/aromatic N) is 2. The largest absolute Gasteiger partial charge is 0.494 e.